The fraction of sp³-hybridized carbons (Fsp3) is 0.562. The van der Waals surface area contributed by atoms with Crippen molar-refractivity contribution >= 4 is 5.91 Å². The van der Waals surface area contributed by atoms with E-state index in [1.165, 1.54) is 5.56 Å². The summed E-state index contributed by atoms with van der Waals surface area (Å²) in [6, 6.07) is 8.23. The van der Waals surface area contributed by atoms with Crippen LogP contribution in [0.15, 0.2) is 24.3 Å². The van der Waals surface area contributed by atoms with Crippen LogP contribution in [0.25, 0.3) is 0 Å². The number of nitrogens with zero attached hydrogens (tertiary/aromatic N) is 1. The van der Waals surface area contributed by atoms with Gasteiger partial charge in [0, 0.05) is 19.1 Å². The first kappa shape index (κ1) is 15.0. The molecule has 1 saturated heterocycles. The highest BCUT2D eigenvalue weighted by atomic mass is 16.5. The zero-order valence-corrected chi connectivity index (χ0v) is 12.6. The average Bonchev–Trinajstić information content (AvgIpc) is 2.40. The van der Waals surface area contributed by atoms with Gasteiger partial charge in [0.2, 0.25) is 5.91 Å². The number of ether oxygens (including phenoxy) is 1. The summed E-state index contributed by atoms with van der Waals surface area (Å²) < 4.78 is 5.12. The SMILES string of the molecule is CC(C)(C)c1ccc(C(N)CN2CCOCC2=O)cc1. The van der Waals surface area contributed by atoms with Gasteiger partial charge in [0.15, 0.2) is 0 Å². The molecule has 0 aliphatic carbocycles. The molecule has 0 spiro atoms. The first-order valence-corrected chi connectivity index (χ1v) is 7.09. The van der Waals surface area contributed by atoms with Crippen molar-refractivity contribution < 1.29 is 9.53 Å². The van der Waals surface area contributed by atoms with Crippen LogP contribution >= 0.6 is 0 Å². The Balaban J connectivity index is 2.02. The van der Waals surface area contributed by atoms with Crippen molar-refractivity contribution in [3.63, 3.8) is 0 Å². The van der Waals surface area contributed by atoms with Gasteiger partial charge in [0.25, 0.3) is 0 Å². The first-order valence-electron chi connectivity index (χ1n) is 7.09. The zero-order chi connectivity index (χ0) is 14.8. The lowest BCUT2D eigenvalue weighted by Gasteiger charge is -2.29. The normalized spacial score (nSPS) is 18.2. The Kier molecular flexibility index (Phi) is 4.45. The highest BCUT2D eigenvalue weighted by Crippen LogP contribution is 2.23. The van der Waals surface area contributed by atoms with Crippen LogP contribution in [0.4, 0.5) is 0 Å². The Bertz CT molecular complexity index is 462. The van der Waals surface area contributed by atoms with Gasteiger partial charge in [0.1, 0.15) is 6.61 Å². The van der Waals surface area contributed by atoms with Gasteiger partial charge in [-0.2, -0.15) is 0 Å². The third-order valence-electron chi connectivity index (χ3n) is 3.71. The number of hydrogen-bond donors (Lipinski definition) is 1. The van der Waals surface area contributed by atoms with Crippen LogP contribution in [0.1, 0.15) is 37.9 Å². The molecule has 0 radical (unpaired) electrons. The van der Waals surface area contributed by atoms with E-state index in [1.807, 2.05) is 0 Å². The van der Waals surface area contributed by atoms with E-state index in [-0.39, 0.29) is 24.0 Å². The minimum absolute atomic E-state index is 0.0259. The van der Waals surface area contributed by atoms with Gasteiger partial charge >= 0.3 is 0 Å². The van der Waals surface area contributed by atoms with Gasteiger partial charge in [-0.15, -0.1) is 0 Å². The quantitative estimate of drug-likeness (QED) is 0.916. The molecule has 1 aliphatic rings. The van der Waals surface area contributed by atoms with Crippen LogP contribution in [-0.4, -0.2) is 37.1 Å². The minimum Gasteiger partial charge on any atom is -0.370 e. The third-order valence-corrected chi connectivity index (χ3v) is 3.71. The fourth-order valence-electron chi connectivity index (χ4n) is 2.32. The molecule has 4 heteroatoms. The molecule has 2 N–H and O–H groups in total. The Labute approximate surface area is 120 Å². The molecule has 4 nitrogen and oxygen atoms in total. The van der Waals surface area contributed by atoms with Crippen molar-refractivity contribution in [1.29, 1.82) is 0 Å². The molecule has 110 valence electrons. The fourth-order valence-corrected chi connectivity index (χ4v) is 2.32. The van der Waals surface area contributed by atoms with Crippen LogP contribution in [0.2, 0.25) is 0 Å². The van der Waals surface area contributed by atoms with E-state index in [1.54, 1.807) is 4.90 Å². The highest BCUT2D eigenvalue weighted by Gasteiger charge is 2.21. The predicted molar refractivity (Wildman–Crippen MR) is 79.5 cm³/mol. The number of morpholine rings is 1. The van der Waals surface area contributed by atoms with E-state index in [0.717, 1.165) is 5.56 Å². The maximum Gasteiger partial charge on any atom is 0.248 e. The van der Waals surface area contributed by atoms with E-state index >= 15 is 0 Å². The molecule has 1 aromatic carbocycles. The van der Waals surface area contributed by atoms with Gasteiger partial charge in [-0.05, 0) is 16.5 Å². The van der Waals surface area contributed by atoms with Crippen molar-refractivity contribution in [3.05, 3.63) is 35.4 Å². The molecule has 2 rings (SSSR count). The summed E-state index contributed by atoms with van der Waals surface area (Å²) >= 11 is 0. The Morgan fingerprint density at radius 3 is 2.50 bits per heavy atom. The second-order valence-electron chi connectivity index (χ2n) is 6.37. The molecule has 1 heterocycles. The first-order chi connectivity index (χ1) is 9.38. The van der Waals surface area contributed by atoms with Gasteiger partial charge in [-0.1, -0.05) is 45.0 Å². The average molecular weight is 276 g/mol. The molecule has 1 atom stereocenters. The Hall–Kier alpha value is -1.39. The lowest BCUT2D eigenvalue weighted by molar-refractivity contribution is -0.142. The van der Waals surface area contributed by atoms with Crippen molar-refractivity contribution in [2.75, 3.05) is 26.3 Å². The molecule has 0 aromatic heterocycles. The number of benzene rings is 1. The van der Waals surface area contributed by atoms with Crippen molar-refractivity contribution in [3.8, 4) is 0 Å². The molecule has 1 aliphatic heterocycles. The summed E-state index contributed by atoms with van der Waals surface area (Å²) in [6.07, 6.45) is 0. The van der Waals surface area contributed by atoms with Crippen LogP contribution < -0.4 is 5.73 Å². The maximum absolute atomic E-state index is 11.7. The largest absolute Gasteiger partial charge is 0.370 e. The molecule has 20 heavy (non-hydrogen) atoms. The molecule has 1 aromatic rings. The van der Waals surface area contributed by atoms with Crippen LogP contribution in [0.3, 0.4) is 0 Å². The zero-order valence-electron chi connectivity index (χ0n) is 12.6. The molecule has 1 fully saturated rings. The summed E-state index contributed by atoms with van der Waals surface area (Å²) in [4.78, 5) is 13.5. The maximum atomic E-state index is 11.7. The molecule has 0 bridgehead atoms. The lowest BCUT2D eigenvalue weighted by atomic mass is 9.86. The number of nitrogens with two attached hydrogens (primary N) is 1. The Morgan fingerprint density at radius 1 is 1.30 bits per heavy atom. The number of rotatable bonds is 3. The minimum atomic E-state index is -0.147. The molecule has 1 unspecified atom stereocenters. The van der Waals surface area contributed by atoms with Gasteiger partial charge in [-0.25, -0.2) is 0 Å². The third kappa shape index (κ3) is 3.58. The van der Waals surface area contributed by atoms with Crippen molar-refractivity contribution in [1.82, 2.24) is 4.90 Å². The van der Waals surface area contributed by atoms with Crippen molar-refractivity contribution in [2.24, 2.45) is 5.73 Å². The number of hydrogen-bond acceptors (Lipinski definition) is 3. The summed E-state index contributed by atoms with van der Waals surface area (Å²) in [5, 5.41) is 0. The molecule has 0 saturated carbocycles. The van der Waals surface area contributed by atoms with Crippen LogP contribution in [-0.2, 0) is 14.9 Å². The summed E-state index contributed by atoms with van der Waals surface area (Å²) in [5.74, 6) is 0.0259. The van der Waals surface area contributed by atoms with Crippen LogP contribution in [0, 0.1) is 0 Å². The number of carbonyl (C=O) groups is 1. The van der Waals surface area contributed by atoms with E-state index < -0.39 is 0 Å². The summed E-state index contributed by atoms with van der Waals surface area (Å²) in [5.41, 5.74) is 8.71. The van der Waals surface area contributed by atoms with E-state index in [9.17, 15) is 4.79 Å². The number of amides is 1. The smallest absolute Gasteiger partial charge is 0.248 e. The van der Waals surface area contributed by atoms with E-state index in [0.29, 0.717) is 19.7 Å². The second-order valence-corrected chi connectivity index (χ2v) is 6.37. The van der Waals surface area contributed by atoms with E-state index in [4.69, 9.17) is 10.5 Å². The molecular weight excluding hydrogens is 252 g/mol. The number of carbonyl (C=O) groups excluding carboxylic acids is 1. The van der Waals surface area contributed by atoms with Gasteiger partial charge in [0.05, 0.1) is 6.61 Å². The monoisotopic (exact) mass is 276 g/mol. The Morgan fingerprint density at radius 2 is 1.95 bits per heavy atom. The predicted octanol–water partition coefficient (Wildman–Crippen LogP) is 1.84. The summed E-state index contributed by atoms with van der Waals surface area (Å²) in [7, 11) is 0. The lowest BCUT2D eigenvalue weighted by Crippen LogP contribution is -2.44. The van der Waals surface area contributed by atoms with Gasteiger partial charge in [-0.3, -0.25) is 4.79 Å². The second kappa shape index (κ2) is 5.94. The topological polar surface area (TPSA) is 55.6 Å². The summed E-state index contributed by atoms with van der Waals surface area (Å²) in [6.45, 7) is 8.53. The van der Waals surface area contributed by atoms with Crippen LogP contribution in [0.5, 0.6) is 0 Å². The molecule has 1 amide bonds. The molecular formula is C16H24N2O2. The van der Waals surface area contributed by atoms with Gasteiger partial charge < -0.3 is 15.4 Å². The van der Waals surface area contributed by atoms with E-state index in [2.05, 4.69) is 45.0 Å². The van der Waals surface area contributed by atoms with Crippen molar-refractivity contribution in [2.45, 2.75) is 32.2 Å². The highest BCUT2D eigenvalue weighted by molar-refractivity contribution is 5.78. The standard InChI is InChI=1S/C16H24N2O2/c1-16(2,3)13-6-4-12(5-7-13)14(17)10-18-8-9-20-11-15(18)19/h4-7,14H,8-11,17H2,1-3H3.